The van der Waals surface area contributed by atoms with E-state index >= 15 is 0 Å². The minimum absolute atomic E-state index is 0.0579. The van der Waals surface area contributed by atoms with Crippen molar-refractivity contribution in [1.29, 1.82) is 0 Å². The highest BCUT2D eigenvalue weighted by Gasteiger charge is 2.14. The molecule has 0 amide bonds. The second-order valence-corrected chi connectivity index (χ2v) is 4.23. The fourth-order valence-corrected chi connectivity index (χ4v) is 2.11. The van der Waals surface area contributed by atoms with Crippen LogP contribution in [0.5, 0.6) is 0 Å². The second-order valence-electron chi connectivity index (χ2n) is 4.23. The normalized spacial score (nSPS) is 12.6. The maximum Gasteiger partial charge on any atom is 0.138 e. The van der Waals surface area contributed by atoms with Crippen LogP contribution in [0.1, 0.15) is 36.8 Å². The van der Waals surface area contributed by atoms with Gasteiger partial charge >= 0.3 is 0 Å². The number of aryl methyl sites for hydroxylation is 2. The minimum atomic E-state index is -0.0579. The Morgan fingerprint density at radius 2 is 2.22 bits per heavy atom. The summed E-state index contributed by atoms with van der Waals surface area (Å²) in [6.07, 6.45) is 6.90. The molecule has 0 bridgehead atoms. The van der Waals surface area contributed by atoms with Gasteiger partial charge in [0.15, 0.2) is 0 Å². The van der Waals surface area contributed by atoms with Gasteiger partial charge in [-0.3, -0.25) is 9.67 Å². The van der Waals surface area contributed by atoms with E-state index in [1.807, 2.05) is 23.9 Å². The molecule has 2 N–H and O–H groups in total. The molecule has 0 radical (unpaired) electrons. The Labute approximate surface area is 107 Å². The zero-order valence-electron chi connectivity index (χ0n) is 10.9. The van der Waals surface area contributed by atoms with E-state index in [4.69, 9.17) is 5.73 Å². The summed E-state index contributed by atoms with van der Waals surface area (Å²) in [6, 6.07) is 1.94. The number of hydrogen-bond acceptors (Lipinski definition) is 4. The van der Waals surface area contributed by atoms with Crippen molar-refractivity contribution in [1.82, 2.24) is 19.7 Å². The summed E-state index contributed by atoms with van der Waals surface area (Å²) in [4.78, 5) is 8.40. The molecule has 18 heavy (non-hydrogen) atoms. The Hall–Kier alpha value is -1.75. The second kappa shape index (κ2) is 5.73. The number of pyridine rings is 1. The Kier molecular flexibility index (Phi) is 4.04. The summed E-state index contributed by atoms with van der Waals surface area (Å²) in [5.74, 6) is 0.934. The van der Waals surface area contributed by atoms with E-state index in [0.29, 0.717) is 6.42 Å². The molecule has 2 heterocycles. The third kappa shape index (κ3) is 2.56. The molecule has 5 heteroatoms. The quantitative estimate of drug-likeness (QED) is 0.866. The van der Waals surface area contributed by atoms with E-state index in [9.17, 15) is 0 Å². The van der Waals surface area contributed by atoms with Gasteiger partial charge in [-0.25, -0.2) is 4.98 Å². The molecule has 0 aliphatic carbocycles. The average Bonchev–Trinajstić information content (AvgIpc) is 2.85. The number of rotatable bonds is 5. The van der Waals surface area contributed by atoms with Crippen LogP contribution in [-0.4, -0.2) is 19.7 Å². The van der Waals surface area contributed by atoms with Gasteiger partial charge in [0.25, 0.3) is 0 Å². The lowest BCUT2D eigenvalue weighted by atomic mass is 9.99. The summed E-state index contributed by atoms with van der Waals surface area (Å²) in [5, 5.41) is 4.16. The lowest BCUT2D eigenvalue weighted by Crippen LogP contribution is -2.18. The lowest BCUT2D eigenvalue weighted by Gasteiger charge is -2.15. The number of nitrogens with two attached hydrogens (primary N) is 1. The predicted molar refractivity (Wildman–Crippen MR) is 69.9 cm³/mol. The van der Waals surface area contributed by atoms with Crippen molar-refractivity contribution in [3.05, 3.63) is 41.7 Å². The van der Waals surface area contributed by atoms with Gasteiger partial charge in [-0.2, -0.15) is 5.10 Å². The molecule has 0 saturated carbocycles. The van der Waals surface area contributed by atoms with Crippen LogP contribution in [0.3, 0.4) is 0 Å². The standard InChI is InChI=1S/C13H19N5/c1-3-10-8-15-6-5-11(10)12(14)7-13-16-9-17-18(13)4-2/h5-6,8-9,12H,3-4,7,14H2,1-2H3. The van der Waals surface area contributed by atoms with Crippen LogP contribution >= 0.6 is 0 Å². The molecule has 0 aliphatic rings. The molecule has 5 nitrogen and oxygen atoms in total. The predicted octanol–water partition coefficient (Wildman–Crippen LogP) is 1.50. The highest BCUT2D eigenvalue weighted by Crippen LogP contribution is 2.18. The largest absolute Gasteiger partial charge is 0.324 e. The Morgan fingerprint density at radius 1 is 1.39 bits per heavy atom. The first-order chi connectivity index (χ1) is 8.76. The van der Waals surface area contributed by atoms with E-state index in [1.165, 1.54) is 5.56 Å². The Balaban J connectivity index is 2.19. The number of nitrogens with zero attached hydrogens (tertiary/aromatic N) is 4. The number of aromatic nitrogens is 4. The van der Waals surface area contributed by atoms with E-state index in [0.717, 1.165) is 24.4 Å². The topological polar surface area (TPSA) is 69.6 Å². The summed E-state index contributed by atoms with van der Waals surface area (Å²) >= 11 is 0. The van der Waals surface area contributed by atoms with Crippen LogP contribution in [0.15, 0.2) is 24.8 Å². The molecule has 0 fully saturated rings. The summed E-state index contributed by atoms with van der Waals surface area (Å²) in [7, 11) is 0. The van der Waals surface area contributed by atoms with Crippen LogP contribution < -0.4 is 5.73 Å². The fourth-order valence-electron chi connectivity index (χ4n) is 2.11. The first kappa shape index (κ1) is 12.7. The fraction of sp³-hybridized carbons (Fsp3) is 0.462. The van der Waals surface area contributed by atoms with Crippen molar-refractivity contribution in [2.45, 2.75) is 39.3 Å². The molecule has 1 unspecified atom stereocenters. The molecule has 0 aliphatic heterocycles. The molecule has 0 aromatic carbocycles. The van der Waals surface area contributed by atoms with E-state index in [2.05, 4.69) is 22.0 Å². The first-order valence-electron chi connectivity index (χ1n) is 6.31. The van der Waals surface area contributed by atoms with Gasteiger partial charge in [0.2, 0.25) is 0 Å². The van der Waals surface area contributed by atoms with Crippen LogP contribution in [0.4, 0.5) is 0 Å². The van der Waals surface area contributed by atoms with Gasteiger partial charge in [0.05, 0.1) is 0 Å². The highest BCUT2D eigenvalue weighted by atomic mass is 15.3. The molecule has 2 aromatic heterocycles. The maximum atomic E-state index is 6.28. The monoisotopic (exact) mass is 245 g/mol. The maximum absolute atomic E-state index is 6.28. The molecular weight excluding hydrogens is 226 g/mol. The van der Waals surface area contributed by atoms with Gasteiger partial charge in [-0.1, -0.05) is 6.92 Å². The number of hydrogen-bond donors (Lipinski definition) is 1. The molecule has 96 valence electrons. The van der Waals surface area contributed by atoms with E-state index in [-0.39, 0.29) is 6.04 Å². The smallest absolute Gasteiger partial charge is 0.138 e. The van der Waals surface area contributed by atoms with Crippen molar-refractivity contribution in [3.63, 3.8) is 0 Å². The lowest BCUT2D eigenvalue weighted by molar-refractivity contribution is 0.579. The minimum Gasteiger partial charge on any atom is -0.324 e. The third-order valence-electron chi connectivity index (χ3n) is 3.12. The summed E-state index contributed by atoms with van der Waals surface area (Å²) in [5.41, 5.74) is 8.63. The van der Waals surface area contributed by atoms with Crippen molar-refractivity contribution in [2.24, 2.45) is 5.73 Å². The first-order valence-corrected chi connectivity index (χ1v) is 6.31. The van der Waals surface area contributed by atoms with Crippen LogP contribution in [-0.2, 0) is 19.4 Å². The van der Waals surface area contributed by atoms with E-state index in [1.54, 1.807) is 12.5 Å². The third-order valence-corrected chi connectivity index (χ3v) is 3.12. The average molecular weight is 245 g/mol. The summed E-state index contributed by atoms with van der Waals surface area (Å²) < 4.78 is 1.88. The summed E-state index contributed by atoms with van der Waals surface area (Å²) in [6.45, 7) is 4.98. The van der Waals surface area contributed by atoms with Gasteiger partial charge in [0.1, 0.15) is 12.2 Å². The van der Waals surface area contributed by atoms with Crippen LogP contribution in [0.25, 0.3) is 0 Å². The van der Waals surface area contributed by atoms with Crippen LogP contribution in [0.2, 0.25) is 0 Å². The van der Waals surface area contributed by atoms with Crippen molar-refractivity contribution in [2.75, 3.05) is 0 Å². The van der Waals surface area contributed by atoms with Crippen molar-refractivity contribution in [3.8, 4) is 0 Å². The zero-order chi connectivity index (χ0) is 13.0. The van der Waals surface area contributed by atoms with E-state index < -0.39 is 0 Å². The molecule has 1 atom stereocenters. The SMILES string of the molecule is CCc1cnccc1C(N)Cc1ncnn1CC. The molecule has 0 spiro atoms. The van der Waals surface area contributed by atoms with Gasteiger partial charge in [0, 0.05) is 31.4 Å². The van der Waals surface area contributed by atoms with Crippen molar-refractivity contribution >= 4 is 0 Å². The highest BCUT2D eigenvalue weighted by molar-refractivity contribution is 5.27. The van der Waals surface area contributed by atoms with Gasteiger partial charge < -0.3 is 5.73 Å². The molecular formula is C13H19N5. The van der Waals surface area contributed by atoms with Crippen LogP contribution in [0, 0.1) is 0 Å². The van der Waals surface area contributed by atoms with Gasteiger partial charge in [-0.05, 0) is 30.5 Å². The van der Waals surface area contributed by atoms with Crippen molar-refractivity contribution < 1.29 is 0 Å². The molecule has 2 aromatic rings. The van der Waals surface area contributed by atoms with Gasteiger partial charge in [-0.15, -0.1) is 0 Å². The Bertz CT molecular complexity index is 506. The Morgan fingerprint density at radius 3 is 2.94 bits per heavy atom. The molecule has 2 rings (SSSR count). The molecule has 0 saturated heterocycles. The zero-order valence-corrected chi connectivity index (χ0v) is 10.9.